The first-order valence-electron chi connectivity index (χ1n) is 5.82. The predicted octanol–water partition coefficient (Wildman–Crippen LogP) is 1.89. The van der Waals surface area contributed by atoms with Gasteiger partial charge in [-0.2, -0.15) is 13.2 Å². The van der Waals surface area contributed by atoms with Gasteiger partial charge in [0.2, 0.25) is 0 Å². The van der Waals surface area contributed by atoms with Crippen LogP contribution >= 0.6 is 0 Å². The number of aliphatic carboxylic acids is 1. The number of piperidine rings is 1. The van der Waals surface area contributed by atoms with Gasteiger partial charge in [-0.15, -0.1) is 0 Å². The van der Waals surface area contributed by atoms with Gasteiger partial charge >= 0.3 is 12.1 Å². The summed E-state index contributed by atoms with van der Waals surface area (Å²) in [7, 11) is 0. The first kappa shape index (κ1) is 14.9. The summed E-state index contributed by atoms with van der Waals surface area (Å²) in [6, 6.07) is 0. The molecule has 0 aromatic heterocycles. The average Bonchev–Trinajstić information content (AvgIpc) is 2.65. The lowest BCUT2D eigenvalue weighted by Gasteiger charge is -2.33. The zero-order chi connectivity index (χ0) is 13.8. The summed E-state index contributed by atoms with van der Waals surface area (Å²) in [4.78, 5) is 20.1. The zero-order valence-electron chi connectivity index (χ0n) is 9.85. The van der Waals surface area contributed by atoms with Crippen LogP contribution in [0.3, 0.4) is 0 Å². The second-order valence-electron chi connectivity index (χ2n) is 4.68. The van der Waals surface area contributed by atoms with E-state index in [1.165, 1.54) is 25.7 Å². The highest BCUT2D eigenvalue weighted by Gasteiger charge is 2.38. The predicted molar refractivity (Wildman–Crippen MR) is 57.1 cm³/mol. The van der Waals surface area contributed by atoms with E-state index < -0.39 is 12.1 Å². The molecule has 0 amide bonds. The van der Waals surface area contributed by atoms with Gasteiger partial charge in [0.15, 0.2) is 0 Å². The summed E-state index contributed by atoms with van der Waals surface area (Å²) in [5, 5.41) is 10.6. The number of carbonyl (C=O) groups excluding carboxylic acids is 1. The molecule has 2 rings (SSSR count). The van der Waals surface area contributed by atoms with Crippen LogP contribution in [-0.2, 0) is 9.59 Å². The maximum absolute atomic E-state index is 11.2. The topological polar surface area (TPSA) is 66.4 Å². The Morgan fingerprint density at radius 1 is 1.28 bits per heavy atom. The van der Waals surface area contributed by atoms with Crippen LogP contribution in [0.1, 0.15) is 38.5 Å². The molecule has 1 aliphatic carbocycles. The Balaban J connectivity index is 0.000000203. The SMILES string of the molecule is O=C(O)C(F)(F)F.O=C1CCNC2(CCCC2)C1. The number of alkyl halides is 3. The smallest absolute Gasteiger partial charge is 0.475 e. The van der Waals surface area contributed by atoms with Crippen molar-refractivity contribution in [1.29, 1.82) is 0 Å². The van der Waals surface area contributed by atoms with Crippen molar-refractivity contribution < 1.29 is 27.9 Å². The van der Waals surface area contributed by atoms with Gasteiger partial charge in [0.05, 0.1) is 0 Å². The molecule has 1 saturated heterocycles. The van der Waals surface area contributed by atoms with E-state index in [0.717, 1.165) is 19.4 Å². The van der Waals surface area contributed by atoms with E-state index in [1.807, 2.05) is 0 Å². The lowest BCUT2D eigenvalue weighted by atomic mass is 9.87. The van der Waals surface area contributed by atoms with E-state index in [4.69, 9.17) is 9.90 Å². The number of hydrogen-bond acceptors (Lipinski definition) is 3. The third-order valence-corrected chi connectivity index (χ3v) is 3.24. The monoisotopic (exact) mass is 267 g/mol. The number of carboxylic acid groups (broad SMARTS) is 1. The summed E-state index contributed by atoms with van der Waals surface area (Å²) in [5.74, 6) is -2.29. The summed E-state index contributed by atoms with van der Waals surface area (Å²) < 4.78 is 31.7. The lowest BCUT2D eigenvalue weighted by Crippen LogP contribution is -2.49. The number of nitrogens with one attached hydrogen (secondary N) is 1. The van der Waals surface area contributed by atoms with Crippen LogP contribution < -0.4 is 5.32 Å². The molecule has 1 saturated carbocycles. The summed E-state index contributed by atoms with van der Waals surface area (Å²) >= 11 is 0. The van der Waals surface area contributed by atoms with Crippen LogP contribution in [0, 0.1) is 0 Å². The average molecular weight is 267 g/mol. The first-order valence-corrected chi connectivity index (χ1v) is 5.82. The number of carboxylic acids is 1. The first-order chi connectivity index (χ1) is 8.25. The third kappa shape index (κ3) is 4.29. The van der Waals surface area contributed by atoms with Crippen LogP contribution in [0.15, 0.2) is 0 Å². The minimum atomic E-state index is -5.08. The molecule has 18 heavy (non-hydrogen) atoms. The van der Waals surface area contributed by atoms with E-state index in [1.54, 1.807) is 0 Å². The van der Waals surface area contributed by atoms with Gasteiger partial charge in [-0.1, -0.05) is 12.8 Å². The molecule has 0 aromatic rings. The van der Waals surface area contributed by atoms with Crippen LogP contribution in [0.2, 0.25) is 0 Å². The molecule has 1 aliphatic heterocycles. The molecule has 0 unspecified atom stereocenters. The van der Waals surface area contributed by atoms with Gasteiger partial charge < -0.3 is 10.4 Å². The van der Waals surface area contributed by atoms with Crippen LogP contribution in [0.4, 0.5) is 13.2 Å². The van der Waals surface area contributed by atoms with Gasteiger partial charge in [0, 0.05) is 24.9 Å². The minimum absolute atomic E-state index is 0.245. The fourth-order valence-corrected chi connectivity index (χ4v) is 2.40. The van der Waals surface area contributed by atoms with E-state index in [0.29, 0.717) is 5.78 Å². The number of hydrogen-bond donors (Lipinski definition) is 2. The maximum Gasteiger partial charge on any atom is 0.490 e. The van der Waals surface area contributed by atoms with E-state index in [9.17, 15) is 18.0 Å². The number of Topliss-reactive ketones (excluding diaryl/α,β-unsaturated/α-hetero) is 1. The van der Waals surface area contributed by atoms with E-state index in [-0.39, 0.29) is 5.54 Å². The molecule has 2 N–H and O–H groups in total. The van der Waals surface area contributed by atoms with Gasteiger partial charge in [0.25, 0.3) is 0 Å². The van der Waals surface area contributed by atoms with Crippen molar-refractivity contribution in [2.75, 3.05) is 6.54 Å². The molecule has 0 atom stereocenters. The van der Waals surface area contributed by atoms with Crippen LogP contribution in [0.5, 0.6) is 0 Å². The van der Waals surface area contributed by atoms with Crippen molar-refractivity contribution in [2.24, 2.45) is 0 Å². The van der Waals surface area contributed by atoms with Crippen LogP contribution in [-0.4, -0.2) is 35.1 Å². The molecular weight excluding hydrogens is 251 g/mol. The standard InChI is InChI=1S/C9H15NO.C2HF3O2/c11-8-3-6-10-9(7-8)4-1-2-5-9;3-2(4,5)1(6)7/h10H,1-7H2;(H,6,7). The number of halogens is 3. The molecule has 2 aliphatic rings. The maximum atomic E-state index is 11.2. The molecule has 2 fully saturated rings. The van der Waals surface area contributed by atoms with Gasteiger partial charge in [-0.3, -0.25) is 4.79 Å². The quantitative estimate of drug-likeness (QED) is 0.703. The fourth-order valence-electron chi connectivity index (χ4n) is 2.40. The Kier molecular flexibility index (Phi) is 4.72. The molecule has 7 heteroatoms. The highest BCUT2D eigenvalue weighted by molar-refractivity contribution is 5.80. The minimum Gasteiger partial charge on any atom is -0.475 e. The molecule has 4 nitrogen and oxygen atoms in total. The van der Waals surface area contributed by atoms with Gasteiger partial charge in [-0.25, -0.2) is 4.79 Å². The molecular formula is C11H16F3NO3. The largest absolute Gasteiger partial charge is 0.490 e. The lowest BCUT2D eigenvalue weighted by molar-refractivity contribution is -0.192. The zero-order valence-corrected chi connectivity index (χ0v) is 9.85. The van der Waals surface area contributed by atoms with Gasteiger partial charge in [-0.05, 0) is 12.8 Å². The second-order valence-corrected chi connectivity index (χ2v) is 4.68. The molecule has 1 heterocycles. The Hall–Kier alpha value is -1.11. The Bertz CT molecular complexity index is 322. The summed E-state index contributed by atoms with van der Waals surface area (Å²) in [6.45, 7) is 0.916. The third-order valence-electron chi connectivity index (χ3n) is 3.24. The van der Waals surface area contributed by atoms with Crippen molar-refractivity contribution >= 4 is 11.8 Å². The Morgan fingerprint density at radius 3 is 2.17 bits per heavy atom. The van der Waals surface area contributed by atoms with Crippen molar-refractivity contribution in [3.63, 3.8) is 0 Å². The highest BCUT2D eigenvalue weighted by atomic mass is 19.4. The second kappa shape index (κ2) is 5.69. The van der Waals surface area contributed by atoms with Crippen molar-refractivity contribution in [3.8, 4) is 0 Å². The normalized spacial score (nSPS) is 22.5. The number of ketones is 1. The van der Waals surface area contributed by atoms with Gasteiger partial charge in [0.1, 0.15) is 5.78 Å². The van der Waals surface area contributed by atoms with Crippen molar-refractivity contribution in [2.45, 2.75) is 50.2 Å². The molecule has 1 spiro atoms. The highest BCUT2D eigenvalue weighted by Crippen LogP contribution is 2.34. The summed E-state index contributed by atoms with van der Waals surface area (Å²) in [5.41, 5.74) is 0.245. The van der Waals surface area contributed by atoms with E-state index in [2.05, 4.69) is 5.32 Å². The number of carbonyl (C=O) groups is 2. The van der Waals surface area contributed by atoms with Crippen molar-refractivity contribution in [1.82, 2.24) is 5.32 Å². The number of rotatable bonds is 0. The Labute approximate surface area is 103 Å². The van der Waals surface area contributed by atoms with Crippen molar-refractivity contribution in [3.05, 3.63) is 0 Å². The Morgan fingerprint density at radius 2 is 1.78 bits per heavy atom. The summed E-state index contributed by atoms with van der Waals surface area (Å²) in [6.07, 6.45) is 1.52. The van der Waals surface area contributed by atoms with Crippen LogP contribution in [0.25, 0.3) is 0 Å². The molecule has 0 bridgehead atoms. The molecule has 0 radical (unpaired) electrons. The van der Waals surface area contributed by atoms with E-state index >= 15 is 0 Å². The molecule has 104 valence electrons. The fraction of sp³-hybridized carbons (Fsp3) is 0.818. The molecule has 0 aromatic carbocycles.